The molecule has 0 radical (unpaired) electrons. The average Bonchev–Trinajstić information content (AvgIpc) is 2.33. The summed E-state index contributed by atoms with van der Waals surface area (Å²) in [5.41, 5.74) is 8.42. The number of nitrogens with zero attached hydrogens (tertiary/aromatic N) is 1. The standard InChI is InChI=1S/C15H24N2/c1-11-8-9-17(10-12(11)2)15-6-4-14(5-7-15)13(3)16/h4-7,11-13H,8-10,16H2,1-3H3. The Labute approximate surface area is 105 Å². The van der Waals surface area contributed by atoms with Crippen molar-refractivity contribution in [1.29, 1.82) is 0 Å². The smallest absolute Gasteiger partial charge is 0.0366 e. The molecule has 3 unspecified atom stereocenters. The molecule has 1 aliphatic rings. The molecule has 1 aromatic rings. The van der Waals surface area contributed by atoms with Crippen LogP contribution in [0, 0.1) is 11.8 Å². The zero-order chi connectivity index (χ0) is 12.4. The highest BCUT2D eigenvalue weighted by atomic mass is 15.1. The number of hydrogen-bond donors (Lipinski definition) is 1. The van der Waals surface area contributed by atoms with Gasteiger partial charge in [-0.3, -0.25) is 0 Å². The number of benzene rings is 1. The number of nitrogens with two attached hydrogens (primary N) is 1. The number of anilines is 1. The highest BCUT2D eigenvalue weighted by Crippen LogP contribution is 2.27. The molecule has 1 fully saturated rings. The molecule has 1 aromatic carbocycles. The molecule has 2 rings (SSSR count). The minimum atomic E-state index is 0.129. The summed E-state index contributed by atoms with van der Waals surface area (Å²) in [7, 11) is 0. The Hall–Kier alpha value is -1.02. The van der Waals surface area contributed by atoms with Crippen LogP contribution in [0.3, 0.4) is 0 Å². The van der Waals surface area contributed by atoms with Gasteiger partial charge in [-0.15, -0.1) is 0 Å². The van der Waals surface area contributed by atoms with Gasteiger partial charge >= 0.3 is 0 Å². The molecule has 0 saturated carbocycles. The van der Waals surface area contributed by atoms with Crippen LogP contribution in [-0.4, -0.2) is 13.1 Å². The van der Waals surface area contributed by atoms with Gasteiger partial charge in [-0.25, -0.2) is 0 Å². The van der Waals surface area contributed by atoms with Crippen LogP contribution in [0.25, 0.3) is 0 Å². The van der Waals surface area contributed by atoms with Crippen LogP contribution in [0.5, 0.6) is 0 Å². The van der Waals surface area contributed by atoms with Gasteiger partial charge in [0.25, 0.3) is 0 Å². The molecule has 3 atom stereocenters. The fraction of sp³-hybridized carbons (Fsp3) is 0.600. The molecule has 17 heavy (non-hydrogen) atoms. The third kappa shape index (κ3) is 2.81. The molecule has 2 heteroatoms. The van der Waals surface area contributed by atoms with Crippen molar-refractivity contribution in [2.24, 2.45) is 17.6 Å². The fourth-order valence-corrected chi connectivity index (χ4v) is 2.49. The number of piperidine rings is 1. The van der Waals surface area contributed by atoms with Crippen molar-refractivity contribution in [2.45, 2.75) is 33.2 Å². The van der Waals surface area contributed by atoms with E-state index in [4.69, 9.17) is 5.73 Å². The summed E-state index contributed by atoms with van der Waals surface area (Å²) >= 11 is 0. The van der Waals surface area contributed by atoms with E-state index in [2.05, 4.69) is 43.0 Å². The first kappa shape index (κ1) is 12.4. The largest absolute Gasteiger partial charge is 0.371 e. The average molecular weight is 232 g/mol. The lowest BCUT2D eigenvalue weighted by Gasteiger charge is -2.37. The third-order valence-corrected chi connectivity index (χ3v) is 4.12. The van der Waals surface area contributed by atoms with Gasteiger partial charge in [0.05, 0.1) is 0 Å². The van der Waals surface area contributed by atoms with Crippen molar-refractivity contribution in [3.05, 3.63) is 29.8 Å². The lowest BCUT2D eigenvalue weighted by Crippen LogP contribution is -2.38. The maximum absolute atomic E-state index is 5.87. The minimum Gasteiger partial charge on any atom is -0.371 e. The van der Waals surface area contributed by atoms with Gasteiger partial charge in [-0.1, -0.05) is 26.0 Å². The number of hydrogen-bond acceptors (Lipinski definition) is 2. The molecule has 0 amide bonds. The van der Waals surface area contributed by atoms with Gasteiger partial charge in [-0.2, -0.15) is 0 Å². The van der Waals surface area contributed by atoms with Crippen LogP contribution < -0.4 is 10.6 Å². The molecular formula is C15H24N2. The molecule has 0 spiro atoms. The Balaban J connectivity index is 2.07. The van der Waals surface area contributed by atoms with Crippen molar-refractivity contribution >= 4 is 5.69 Å². The second-order valence-corrected chi connectivity index (χ2v) is 5.57. The van der Waals surface area contributed by atoms with E-state index in [1.54, 1.807) is 0 Å². The Morgan fingerprint density at radius 1 is 1.18 bits per heavy atom. The summed E-state index contributed by atoms with van der Waals surface area (Å²) in [6.45, 7) is 9.11. The molecular weight excluding hydrogens is 208 g/mol. The first-order valence-electron chi connectivity index (χ1n) is 6.68. The van der Waals surface area contributed by atoms with Crippen molar-refractivity contribution in [1.82, 2.24) is 0 Å². The molecule has 94 valence electrons. The summed E-state index contributed by atoms with van der Waals surface area (Å²) in [5.74, 6) is 1.64. The van der Waals surface area contributed by atoms with Crippen molar-refractivity contribution in [3.63, 3.8) is 0 Å². The molecule has 1 saturated heterocycles. The van der Waals surface area contributed by atoms with Crippen LogP contribution in [-0.2, 0) is 0 Å². The minimum absolute atomic E-state index is 0.129. The van der Waals surface area contributed by atoms with Gasteiger partial charge in [0.2, 0.25) is 0 Å². The predicted molar refractivity (Wildman–Crippen MR) is 74.2 cm³/mol. The van der Waals surface area contributed by atoms with Gasteiger partial charge in [0, 0.05) is 24.8 Å². The molecule has 0 aliphatic carbocycles. The quantitative estimate of drug-likeness (QED) is 0.848. The van der Waals surface area contributed by atoms with Gasteiger partial charge < -0.3 is 10.6 Å². The van der Waals surface area contributed by atoms with Crippen LogP contribution >= 0.6 is 0 Å². The van der Waals surface area contributed by atoms with Gasteiger partial charge in [-0.05, 0) is 42.9 Å². The van der Waals surface area contributed by atoms with E-state index in [0.29, 0.717) is 0 Å². The van der Waals surface area contributed by atoms with E-state index in [-0.39, 0.29) is 6.04 Å². The molecule has 0 aromatic heterocycles. The van der Waals surface area contributed by atoms with Gasteiger partial charge in [0.15, 0.2) is 0 Å². The normalized spacial score (nSPS) is 26.9. The maximum Gasteiger partial charge on any atom is 0.0366 e. The molecule has 2 N–H and O–H groups in total. The van der Waals surface area contributed by atoms with Crippen LogP contribution in [0.2, 0.25) is 0 Å². The summed E-state index contributed by atoms with van der Waals surface area (Å²) in [4.78, 5) is 2.50. The maximum atomic E-state index is 5.87. The summed E-state index contributed by atoms with van der Waals surface area (Å²) in [6, 6.07) is 8.86. The summed E-state index contributed by atoms with van der Waals surface area (Å²) < 4.78 is 0. The Kier molecular flexibility index (Phi) is 3.72. The Morgan fingerprint density at radius 3 is 2.35 bits per heavy atom. The van der Waals surface area contributed by atoms with Crippen LogP contribution in [0.1, 0.15) is 38.8 Å². The van der Waals surface area contributed by atoms with Crippen molar-refractivity contribution in [3.8, 4) is 0 Å². The van der Waals surface area contributed by atoms with E-state index in [1.165, 1.54) is 30.8 Å². The van der Waals surface area contributed by atoms with E-state index >= 15 is 0 Å². The molecule has 1 aliphatic heterocycles. The third-order valence-electron chi connectivity index (χ3n) is 4.12. The highest BCUT2D eigenvalue weighted by Gasteiger charge is 2.22. The van der Waals surface area contributed by atoms with E-state index < -0.39 is 0 Å². The van der Waals surface area contributed by atoms with Crippen molar-refractivity contribution in [2.75, 3.05) is 18.0 Å². The highest BCUT2D eigenvalue weighted by molar-refractivity contribution is 5.48. The fourth-order valence-electron chi connectivity index (χ4n) is 2.49. The van der Waals surface area contributed by atoms with Gasteiger partial charge in [0.1, 0.15) is 0 Å². The molecule has 2 nitrogen and oxygen atoms in total. The zero-order valence-electron chi connectivity index (χ0n) is 11.2. The van der Waals surface area contributed by atoms with Crippen LogP contribution in [0.15, 0.2) is 24.3 Å². The zero-order valence-corrected chi connectivity index (χ0v) is 11.2. The van der Waals surface area contributed by atoms with E-state index in [0.717, 1.165) is 11.8 Å². The molecule has 0 bridgehead atoms. The molecule has 1 heterocycles. The second-order valence-electron chi connectivity index (χ2n) is 5.57. The predicted octanol–water partition coefficient (Wildman–Crippen LogP) is 3.19. The Bertz CT molecular complexity index is 356. The second kappa shape index (κ2) is 5.09. The first-order valence-corrected chi connectivity index (χ1v) is 6.68. The first-order chi connectivity index (χ1) is 8.08. The van der Waals surface area contributed by atoms with Crippen molar-refractivity contribution < 1.29 is 0 Å². The summed E-state index contributed by atoms with van der Waals surface area (Å²) in [6.07, 6.45) is 1.30. The monoisotopic (exact) mass is 232 g/mol. The van der Waals surface area contributed by atoms with Crippen LogP contribution in [0.4, 0.5) is 5.69 Å². The lowest BCUT2D eigenvalue weighted by molar-refractivity contribution is 0.324. The number of rotatable bonds is 2. The van der Waals surface area contributed by atoms with E-state index in [9.17, 15) is 0 Å². The SMILES string of the molecule is CC(N)c1ccc(N2CCC(C)C(C)C2)cc1. The van der Waals surface area contributed by atoms with E-state index in [1.807, 2.05) is 6.92 Å². The topological polar surface area (TPSA) is 29.3 Å². The summed E-state index contributed by atoms with van der Waals surface area (Å²) in [5, 5.41) is 0. The Morgan fingerprint density at radius 2 is 1.82 bits per heavy atom. The lowest BCUT2D eigenvalue weighted by atomic mass is 9.88.